The van der Waals surface area contributed by atoms with Crippen LogP contribution in [0.25, 0.3) is 0 Å². The Morgan fingerprint density at radius 3 is 1.50 bits per heavy atom. The van der Waals surface area contributed by atoms with Gasteiger partial charge in [-0.1, -0.05) is 35.1 Å². The average molecular weight is 1130 g/mol. The second-order valence-corrected chi connectivity index (χ2v) is 2.51. The summed E-state index contributed by atoms with van der Waals surface area (Å²) < 4.78 is 5.85. The first-order valence-electron chi connectivity index (χ1n) is 3.92. The Balaban J connectivity index is -0.0000000159. The number of nitrogens with zero attached hydrogens (tertiary/aromatic N) is 1. The molecule has 0 fully saturated rings. The molecule has 16 heavy (non-hydrogen) atoms. The van der Waals surface area contributed by atoms with E-state index in [0.29, 0.717) is 0 Å². The van der Waals surface area contributed by atoms with Crippen LogP contribution in [0.2, 0.25) is 0 Å². The van der Waals surface area contributed by atoms with Gasteiger partial charge in [0.1, 0.15) is 0 Å². The summed E-state index contributed by atoms with van der Waals surface area (Å²) in [7, 11) is 0. The Bertz CT molecular complexity index is 130. The van der Waals surface area contributed by atoms with Crippen LogP contribution in [0.1, 0.15) is 42.0 Å². The molecule has 0 saturated heterocycles. The van der Waals surface area contributed by atoms with Crippen molar-refractivity contribution in [3.8, 4) is 0 Å². The summed E-state index contributed by atoms with van der Waals surface area (Å²) in [5.41, 5.74) is 1.14. The molecule has 0 N–H and O–H groups in total. The summed E-state index contributed by atoms with van der Waals surface area (Å²) in [5, 5.41) is 0. The van der Waals surface area contributed by atoms with Crippen LogP contribution in [0.5, 0.6) is 0 Å². The molecule has 0 heterocycles. The summed E-state index contributed by atoms with van der Waals surface area (Å²) in [6.07, 6.45) is 2.84. The van der Waals surface area contributed by atoms with E-state index >= 15 is 0 Å². The van der Waals surface area contributed by atoms with Crippen LogP contribution in [-0.2, 0) is 79.4 Å². The van der Waals surface area contributed by atoms with Crippen molar-refractivity contribution in [2.45, 2.75) is 42.0 Å². The number of rotatable bonds is 2. The summed E-state index contributed by atoms with van der Waals surface area (Å²) >= 11 is 3.75. The predicted molar refractivity (Wildman–Crippen MR) is 56.4 cm³/mol. The van der Waals surface area contributed by atoms with E-state index in [1.54, 1.807) is 0 Å². The Kier molecular flexibility index (Phi) is 171. The monoisotopic (exact) mass is 1130 g/mol. The fraction of sp³-hybridized carbons (Fsp3) is 0.600. The Morgan fingerprint density at radius 2 is 1.44 bits per heavy atom. The van der Waals surface area contributed by atoms with Crippen molar-refractivity contribution in [3.63, 3.8) is 0 Å². The minimum absolute atomic E-state index is 0. The van der Waals surface area contributed by atoms with Gasteiger partial charge in [0.05, 0.1) is 0 Å². The SMILES string of the molecule is C.CC.CC.CC(=[C-][N]=[W])[CH]=[W].[CH-]=[W].[U].[W]. The van der Waals surface area contributed by atoms with E-state index in [4.69, 9.17) is 0 Å². The van der Waals surface area contributed by atoms with Crippen molar-refractivity contribution in [2.24, 2.45) is 3.50 Å². The fourth-order valence-corrected chi connectivity index (χ4v) is 0.805. The zero-order chi connectivity index (χ0) is 11.7. The van der Waals surface area contributed by atoms with Gasteiger partial charge in [-0.15, -0.1) is 0 Å². The number of hydrogen-bond donors (Lipinski definition) is 0. The molecule has 96 valence electrons. The van der Waals surface area contributed by atoms with Gasteiger partial charge in [-0.25, -0.2) is 0 Å². The number of hydrogen-bond acceptors (Lipinski definition) is 1. The molecular formula is C10H21NUW4-2. The van der Waals surface area contributed by atoms with Gasteiger partial charge in [0, 0.05) is 52.2 Å². The van der Waals surface area contributed by atoms with Crippen molar-refractivity contribution in [1.82, 2.24) is 0 Å². The first-order chi connectivity index (χ1) is 6.31. The smallest absolute Gasteiger partial charge is 0 e. The molecule has 0 aromatic heterocycles. The molecule has 1 nitrogen and oxygen atoms in total. The molecule has 0 aromatic rings. The zero-order valence-electron chi connectivity index (χ0n) is 9.73. The third-order valence-electron chi connectivity index (χ3n) is 0.399. The predicted octanol–water partition coefficient (Wildman–Crippen LogP) is 3.30. The normalized spacial score (nSPS) is 5.69. The van der Waals surface area contributed by atoms with Gasteiger partial charge in [0.15, 0.2) is 0 Å². The third kappa shape index (κ3) is 67.6. The Hall–Kier alpha value is 3.09. The Morgan fingerprint density at radius 1 is 1.19 bits per heavy atom. The molecule has 0 aromatic carbocycles. The molecule has 0 unspecified atom stereocenters. The molecule has 0 radical (unpaired) electrons. The maximum absolute atomic E-state index is 4.58. The van der Waals surface area contributed by atoms with E-state index in [0.717, 1.165) is 24.9 Å². The van der Waals surface area contributed by atoms with E-state index < -0.39 is 0 Å². The molecular weight excluding hydrogens is 1110 g/mol. The minimum atomic E-state index is 0. The molecule has 0 saturated carbocycles. The first-order valence-corrected chi connectivity index (χ1v) is 8.62. The van der Waals surface area contributed by atoms with Crippen molar-refractivity contribution in [1.29, 1.82) is 0 Å². The quantitative estimate of drug-likeness (QED) is 0.378. The van der Waals surface area contributed by atoms with Gasteiger partial charge in [-0.2, -0.15) is 0 Å². The van der Waals surface area contributed by atoms with Crippen LogP contribution < -0.4 is 0 Å². The van der Waals surface area contributed by atoms with Gasteiger partial charge in [0.25, 0.3) is 0 Å². The van der Waals surface area contributed by atoms with Gasteiger partial charge >= 0.3 is 89.8 Å². The molecule has 0 aliphatic rings. The maximum atomic E-state index is 4.58. The summed E-state index contributed by atoms with van der Waals surface area (Å²) in [4.78, 5) is 4.58. The largest absolute Gasteiger partial charge is 0 e. The van der Waals surface area contributed by atoms with E-state index in [1.807, 2.05) is 34.6 Å². The van der Waals surface area contributed by atoms with E-state index in [-0.39, 0.29) is 59.6 Å². The van der Waals surface area contributed by atoms with Crippen LogP contribution in [-0.4, -0.2) is 9.30 Å². The third-order valence-corrected chi connectivity index (χ3v) is 2.00. The van der Waals surface area contributed by atoms with Crippen LogP contribution >= 0.6 is 0 Å². The first kappa shape index (κ1) is 42.7. The Labute approximate surface area is 174 Å². The molecule has 0 bridgehead atoms. The van der Waals surface area contributed by atoms with E-state index in [1.165, 1.54) is 39.0 Å². The topological polar surface area (TPSA) is 12.4 Å². The maximum Gasteiger partial charge on any atom is 0 e. The van der Waals surface area contributed by atoms with Crippen molar-refractivity contribution in [3.05, 3.63) is 11.8 Å². The van der Waals surface area contributed by atoms with E-state index in [9.17, 15) is 0 Å². The van der Waals surface area contributed by atoms with Crippen molar-refractivity contribution >= 4 is 9.30 Å². The zero-order valence-corrected chi connectivity index (χ0v) is 25.6. The molecule has 0 aliphatic heterocycles. The second kappa shape index (κ2) is 64.0. The standard InChI is InChI=1S/C4H4N.2C2H6.CH4.CH.U.4W/c1-4(2)3-5;2*1-2;;;;;;;/h1H,2H3;2*1-2H3;1H4;1H;;;;;/q-1;;;;-1;;;;;. The fourth-order valence-electron chi connectivity index (χ4n) is 0.0983. The molecule has 6 heteroatoms. The van der Waals surface area contributed by atoms with E-state index in [2.05, 4.69) is 19.0 Å². The molecule has 0 spiro atoms. The van der Waals surface area contributed by atoms with Crippen LogP contribution in [0.15, 0.2) is 9.07 Å². The molecule has 0 amide bonds. The molecule has 0 rings (SSSR count). The minimum Gasteiger partial charge on any atom is 0 e. The second-order valence-electron chi connectivity index (χ2n) is 1.00. The van der Waals surface area contributed by atoms with Crippen LogP contribution in [0, 0.1) is 37.3 Å². The molecule has 0 aliphatic carbocycles. The summed E-state index contributed by atoms with van der Waals surface area (Å²) in [6, 6.07) is 0. The summed E-state index contributed by atoms with van der Waals surface area (Å²) in [6.45, 7) is 10.00. The van der Waals surface area contributed by atoms with Gasteiger partial charge in [0.2, 0.25) is 0 Å². The molecule has 0 atom stereocenters. The summed E-state index contributed by atoms with van der Waals surface area (Å²) in [5.74, 6) is 0. The van der Waals surface area contributed by atoms with Gasteiger partial charge in [-0.3, -0.25) is 0 Å². The van der Waals surface area contributed by atoms with Crippen LogP contribution in [0.3, 0.4) is 0 Å². The van der Waals surface area contributed by atoms with Gasteiger partial charge in [-0.05, 0) is 0 Å². The van der Waals surface area contributed by atoms with Crippen molar-refractivity contribution < 1.29 is 111 Å². The van der Waals surface area contributed by atoms with Gasteiger partial charge < -0.3 is 0 Å². The number of allylic oxidation sites excluding steroid dienone is 1. The van der Waals surface area contributed by atoms with Crippen molar-refractivity contribution in [2.75, 3.05) is 0 Å². The average Bonchev–Trinajstić information content (AvgIpc) is 2.27. The van der Waals surface area contributed by atoms with Crippen LogP contribution in [0.4, 0.5) is 0 Å².